The Balaban J connectivity index is 2.36. The molecule has 0 aliphatic heterocycles. The van der Waals surface area contributed by atoms with Crippen LogP contribution in [-0.4, -0.2) is 22.4 Å². The maximum Gasteiger partial charge on any atom is 0.0546 e. The molecular weight excluding hydrogens is 128 g/mol. The van der Waals surface area contributed by atoms with E-state index in [1.807, 2.05) is 0 Å². The van der Waals surface area contributed by atoms with Crippen molar-refractivity contribution in [2.24, 2.45) is 11.8 Å². The Hall–Kier alpha value is -0.0800. The molecule has 1 rings (SSSR count). The zero-order valence-electron chi connectivity index (χ0n) is 6.49. The fourth-order valence-corrected chi connectivity index (χ4v) is 1.52. The van der Waals surface area contributed by atoms with Crippen molar-refractivity contribution in [3.8, 4) is 0 Å². The van der Waals surface area contributed by atoms with Gasteiger partial charge in [-0.2, -0.15) is 0 Å². The molecule has 2 heteroatoms. The van der Waals surface area contributed by atoms with Crippen molar-refractivity contribution in [1.29, 1.82) is 0 Å². The second kappa shape index (κ2) is 2.89. The first kappa shape index (κ1) is 8.02. The molecule has 0 amide bonds. The van der Waals surface area contributed by atoms with Gasteiger partial charge in [-0.1, -0.05) is 0 Å². The maximum atomic E-state index is 9.16. The molecule has 0 aromatic heterocycles. The van der Waals surface area contributed by atoms with E-state index < -0.39 is 0 Å². The summed E-state index contributed by atoms with van der Waals surface area (Å²) in [6, 6.07) is 0. The number of aliphatic hydroxyl groups is 2. The standard InChI is InChI=1S/C8H15O2/c1-5(9)7-3-4-8(7)6(2)10/h3,5-10H,4H2,1-2H3. The van der Waals surface area contributed by atoms with Gasteiger partial charge in [-0.25, -0.2) is 0 Å². The smallest absolute Gasteiger partial charge is 0.0546 e. The minimum absolute atomic E-state index is 0.222. The first-order valence-electron chi connectivity index (χ1n) is 3.82. The maximum absolute atomic E-state index is 9.16. The summed E-state index contributed by atoms with van der Waals surface area (Å²) in [5.74, 6) is 0.514. The summed E-state index contributed by atoms with van der Waals surface area (Å²) in [6.07, 6.45) is 2.45. The van der Waals surface area contributed by atoms with Gasteiger partial charge in [-0.3, -0.25) is 0 Å². The summed E-state index contributed by atoms with van der Waals surface area (Å²) in [7, 11) is 0. The van der Waals surface area contributed by atoms with Gasteiger partial charge >= 0.3 is 0 Å². The third kappa shape index (κ3) is 1.32. The fraction of sp³-hybridized carbons (Fsp3) is 0.875. The second-order valence-electron chi connectivity index (χ2n) is 3.19. The monoisotopic (exact) mass is 143 g/mol. The molecule has 0 aromatic rings. The highest BCUT2D eigenvalue weighted by Gasteiger charge is 2.37. The molecule has 1 fully saturated rings. The van der Waals surface area contributed by atoms with Gasteiger partial charge in [0.15, 0.2) is 0 Å². The van der Waals surface area contributed by atoms with E-state index in [1.54, 1.807) is 13.8 Å². The Morgan fingerprint density at radius 1 is 1.30 bits per heavy atom. The normalized spacial score (nSPS) is 38.4. The van der Waals surface area contributed by atoms with Gasteiger partial charge in [0.1, 0.15) is 0 Å². The van der Waals surface area contributed by atoms with Crippen LogP contribution in [0.25, 0.3) is 0 Å². The zero-order chi connectivity index (χ0) is 7.72. The van der Waals surface area contributed by atoms with E-state index in [9.17, 15) is 0 Å². The Morgan fingerprint density at radius 3 is 2.00 bits per heavy atom. The molecule has 1 aliphatic carbocycles. The Labute approximate surface area is 61.9 Å². The van der Waals surface area contributed by atoms with Crippen molar-refractivity contribution in [2.45, 2.75) is 32.5 Å². The number of aliphatic hydroxyl groups excluding tert-OH is 2. The van der Waals surface area contributed by atoms with Crippen LogP contribution in [0.5, 0.6) is 0 Å². The SMILES string of the molecule is CC(O)C1[CH]CC1C(C)O. The molecule has 0 bridgehead atoms. The molecule has 1 radical (unpaired) electrons. The third-order valence-corrected chi connectivity index (χ3v) is 2.35. The van der Waals surface area contributed by atoms with Crippen LogP contribution in [0.4, 0.5) is 0 Å². The molecule has 1 aliphatic rings. The van der Waals surface area contributed by atoms with E-state index >= 15 is 0 Å². The predicted octanol–water partition coefficient (Wildman–Crippen LogP) is 0.588. The van der Waals surface area contributed by atoms with E-state index in [2.05, 4.69) is 6.42 Å². The van der Waals surface area contributed by atoms with Crippen LogP contribution in [0.2, 0.25) is 0 Å². The topological polar surface area (TPSA) is 40.5 Å². The molecule has 59 valence electrons. The Kier molecular flexibility index (Phi) is 2.32. The Bertz CT molecular complexity index is 95.8. The first-order chi connectivity index (χ1) is 4.63. The molecular formula is C8H15O2. The van der Waals surface area contributed by atoms with Crippen molar-refractivity contribution in [2.75, 3.05) is 0 Å². The highest BCUT2D eigenvalue weighted by Crippen LogP contribution is 2.37. The van der Waals surface area contributed by atoms with Crippen LogP contribution >= 0.6 is 0 Å². The number of hydrogen-bond acceptors (Lipinski definition) is 2. The van der Waals surface area contributed by atoms with Crippen LogP contribution in [-0.2, 0) is 0 Å². The Morgan fingerprint density at radius 2 is 1.90 bits per heavy atom. The summed E-state index contributed by atoms with van der Waals surface area (Å²) in [5, 5.41) is 18.3. The van der Waals surface area contributed by atoms with Crippen LogP contribution in [0, 0.1) is 18.3 Å². The minimum Gasteiger partial charge on any atom is -0.393 e. The number of hydrogen-bond donors (Lipinski definition) is 2. The van der Waals surface area contributed by atoms with Gasteiger partial charge in [0.25, 0.3) is 0 Å². The van der Waals surface area contributed by atoms with Crippen LogP contribution in [0.15, 0.2) is 0 Å². The summed E-state index contributed by atoms with van der Waals surface area (Å²) in [4.78, 5) is 0. The highest BCUT2D eigenvalue weighted by atomic mass is 16.3. The summed E-state index contributed by atoms with van der Waals surface area (Å²) < 4.78 is 0. The lowest BCUT2D eigenvalue weighted by atomic mass is 9.68. The first-order valence-corrected chi connectivity index (χ1v) is 3.82. The van der Waals surface area contributed by atoms with E-state index in [1.165, 1.54) is 0 Å². The second-order valence-corrected chi connectivity index (χ2v) is 3.19. The fourth-order valence-electron chi connectivity index (χ4n) is 1.52. The molecule has 0 aromatic carbocycles. The van der Waals surface area contributed by atoms with Crippen molar-refractivity contribution < 1.29 is 10.2 Å². The average Bonchev–Trinajstić information content (AvgIpc) is 1.56. The average molecular weight is 143 g/mol. The third-order valence-electron chi connectivity index (χ3n) is 2.35. The van der Waals surface area contributed by atoms with Gasteiger partial charge in [0.2, 0.25) is 0 Å². The lowest BCUT2D eigenvalue weighted by Gasteiger charge is -2.40. The molecule has 10 heavy (non-hydrogen) atoms. The summed E-state index contributed by atoms with van der Waals surface area (Å²) >= 11 is 0. The van der Waals surface area contributed by atoms with Gasteiger partial charge < -0.3 is 10.2 Å². The lowest BCUT2D eigenvalue weighted by molar-refractivity contribution is -0.00112. The molecule has 0 heterocycles. The van der Waals surface area contributed by atoms with Crippen molar-refractivity contribution in [1.82, 2.24) is 0 Å². The van der Waals surface area contributed by atoms with Crippen molar-refractivity contribution in [3.05, 3.63) is 6.42 Å². The molecule has 4 atom stereocenters. The predicted molar refractivity (Wildman–Crippen MR) is 39.3 cm³/mol. The quantitative estimate of drug-likeness (QED) is 0.594. The summed E-state index contributed by atoms with van der Waals surface area (Å²) in [5.41, 5.74) is 0. The van der Waals surface area contributed by atoms with Gasteiger partial charge in [0, 0.05) is 0 Å². The van der Waals surface area contributed by atoms with E-state index in [0.717, 1.165) is 6.42 Å². The van der Waals surface area contributed by atoms with E-state index in [4.69, 9.17) is 10.2 Å². The molecule has 1 saturated carbocycles. The molecule has 0 spiro atoms. The zero-order valence-corrected chi connectivity index (χ0v) is 6.49. The molecule has 4 unspecified atom stereocenters. The van der Waals surface area contributed by atoms with Gasteiger partial charge in [-0.05, 0) is 38.5 Å². The van der Waals surface area contributed by atoms with Crippen LogP contribution in [0.1, 0.15) is 20.3 Å². The van der Waals surface area contributed by atoms with Gasteiger partial charge in [-0.15, -0.1) is 0 Å². The summed E-state index contributed by atoms with van der Waals surface area (Å²) in [6.45, 7) is 3.56. The van der Waals surface area contributed by atoms with Crippen LogP contribution < -0.4 is 0 Å². The van der Waals surface area contributed by atoms with E-state index in [-0.39, 0.29) is 18.1 Å². The van der Waals surface area contributed by atoms with Crippen molar-refractivity contribution >= 4 is 0 Å². The van der Waals surface area contributed by atoms with Gasteiger partial charge in [0.05, 0.1) is 12.2 Å². The molecule has 2 N–H and O–H groups in total. The molecule has 0 saturated heterocycles. The van der Waals surface area contributed by atoms with Crippen molar-refractivity contribution in [3.63, 3.8) is 0 Å². The lowest BCUT2D eigenvalue weighted by Crippen LogP contribution is -2.41. The van der Waals surface area contributed by atoms with Crippen LogP contribution in [0.3, 0.4) is 0 Å². The molecule has 2 nitrogen and oxygen atoms in total. The highest BCUT2D eigenvalue weighted by molar-refractivity contribution is 4.99. The largest absolute Gasteiger partial charge is 0.393 e. The number of rotatable bonds is 2. The van der Waals surface area contributed by atoms with E-state index in [0.29, 0.717) is 5.92 Å². The minimum atomic E-state index is -0.298.